The van der Waals surface area contributed by atoms with Crippen molar-refractivity contribution in [3.05, 3.63) is 70.5 Å². The largest absolute Gasteiger partial charge is 0.416 e. The van der Waals surface area contributed by atoms with Crippen molar-refractivity contribution in [2.24, 2.45) is 11.7 Å². The first kappa shape index (κ1) is 30.6. The van der Waals surface area contributed by atoms with Gasteiger partial charge in [0.1, 0.15) is 5.82 Å². The maximum absolute atomic E-state index is 13.0. The average molecular weight is 537 g/mol. The van der Waals surface area contributed by atoms with Crippen LogP contribution in [0.5, 0.6) is 0 Å². The number of aliphatic hydroxyl groups is 1. The van der Waals surface area contributed by atoms with Crippen LogP contribution in [0, 0.1) is 11.7 Å². The fourth-order valence-corrected chi connectivity index (χ4v) is 4.72. The Labute approximate surface area is 211 Å². The van der Waals surface area contributed by atoms with Gasteiger partial charge < -0.3 is 16.2 Å². The van der Waals surface area contributed by atoms with Crippen molar-refractivity contribution in [1.29, 1.82) is 0 Å². The zero-order valence-corrected chi connectivity index (χ0v) is 20.5. The summed E-state index contributed by atoms with van der Waals surface area (Å²) in [5.41, 5.74) is 3.68. The Morgan fingerprint density at radius 2 is 1.49 bits per heavy atom. The fourth-order valence-electron chi connectivity index (χ4n) is 4.72. The molecule has 1 aliphatic carbocycles. The monoisotopic (exact) mass is 536 g/mol. The first-order chi connectivity index (χ1) is 17.3. The van der Waals surface area contributed by atoms with Crippen LogP contribution in [0.3, 0.4) is 0 Å². The Kier molecular flexibility index (Phi) is 10.5. The molecule has 11 heteroatoms. The molecule has 37 heavy (non-hydrogen) atoms. The molecule has 4 N–H and O–H groups in total. The number of nitrogens with two attached hydrogens (primary N) is 1. The van der Waals surface area contributed by atoms with Gasteiger partial charge in [0.25, 0.3) is 0 Å². The average Bonchev–Trinajstić information content (AvgIpc) is 3.46. The van der Waals surface area contributed by atoms with E-state index in [0.29, 0.717) is 24.0 Å². The molecular weight excluding hydrogens is 505 g/mol. The molecule has 206 valence electrons. The van der Waals surface area contributed by atoms with Crippen LogP contribution in [0.1, 0.15) is 67.7 Å². The third kappa shape index (κ3) is 8.16. The van der Waals surface area contributed by atoms with Crippen LogP contribution in [-0.4, -0.2) is 23.1 Å². The van der Waals surface area contributed by atoms with Crippen molar-refractivity contribution in [3.63, 3.8) is 0 Å². The Hall–Kier alpha value is -2.66. The number of carbonyl (C=O) groups is 1. The predicted molar refractivity (Wildman–Crippen MR) is 125 cm³/mol. The van der Waals surface area contributed by atoms with Gasteiger partial charge in [0.2, 0.25) is 5.91 Å². The SMILES string of the molecule is CC.NC1CC(C2CCCC2c2ccc(F)cc2)NC1=O.OCc1cc(C(F)(F)F)cc(C(F)(F)F)c1. The first-order valence-corrected chi connectivity index (χ1v) is 12.0. The molecule has 2 aromatic rings. The summed E-state index contributed by atoms with van der Waals surface area (Å²) in [4.78, 5) is 11.5. The number of hydrogen-bond acceptors (Lipinski definition) is 3. The van der Waals surface area contributed by atoms with E-state index in [4.69, 9.17) is 10.8 Å². The number of rotatable bonds is 3. The Morgan fingerprint density at radius 1 is 0.946 bits per heavy atom. The van der Waals surface area contributed by atoms with Gasteiger partial charge in [0, 0.05) is 6.04 Å². The van der Waals surface area contributed by atoms with Crippen molar-refractivity contribution in [1.82, 2.24) is 5.32 Å². The van der Waals surface area contributed by atoms with E-state index >= 15 is 0 Å². The van der Waals surface area contributed by atoms with Crippen molar-refractivity contribution >= 4 is 5.91 Å². The number of hydrogen-bond donors (Lipinski definition) is 3. The lowest BCUT2D eigenvalue weighted by atomic mass is 9.83. The Bertz CT molecular complexity index is 991. The lowest BCUT2D eigenvalue weighted by Crippen LogP contribution is -2.35. The van der Waals surface area contributed by atoms with Crippen LogP contribution in [0.2, 0.25) is 0 Å². The van der Waals surface area contributed by atoms with Crippen molar-refractivity contribution in [3.8, 4) is 0 Å². The molecule has 1 amide bonds. The first-order valence-electron chi connectivity index (χ1n) is 12.0. The molecule has 0 aromatic heterocycles. The van der Waals surface area contributed by atoms with E-state index in [1.54, 1.807) is 0 Å². The molecule has 0 spiro atoms. The van der Waals surface area contributed by atoms with E-state index in [-0.39, 0.29) is 29.9 Å². The summed E-state index contributed by atoms with van der Waals surface area (Å²) >= 11 is 0. The van der Waals surface area contributed by atoms with Crippen molar-refractivity contribution in [2.75, 3.05) is 0 Å². The van der Waals surface area contributed by atoms with Gasteiger partial charge in [-0.3, -0.25) is 4.79 Å². The third-order valence-electron chi connectivity index (χ3n) is 6.39. The second kappa shape index (κ2) is 12.7. The fraction of sp³-hybridized carbons (Fsp3) is 0.500. The summed E-state index contributed by atoms with van der Waals surface area (Å²) in [5.74, 6) is 0.614. The van der Waals surface area contributed by atoms with Gasteiger partial charge in [0.15, 0.2) is 0 Å². The predicted octanol–water partition coefficient (Wildman–Crippen LogP) is 6.17. The quantitative estimate of drug-likeness (QED) is 0.411. The molecule has 1 aliphatic heterocycles. The second-order valence-corrected chi connectivity index (χ2v) is 8.78. The van der Waals surface area contributed by atoms with Gasteiger partial charge >= 0.3 is 12.4 Å². The summed E-state index contributed by atoms with van der Waals surface area (Å²) in [6.45, 7) is 3.12. The van der Waals surface area contributed by atoms with E-state index < -0.39 is 35.6 Å². The van der Waals surface area contributed by atoms with Crippen molar-refractivity contribution < 1.29 is 40.6 Å². The van der Waals surface area contributed by atoms with Gasteiger partial charge in [0.05, 0.1) is 23.8 Å². The summed E-state index contributed by atoms with van der Waals surface area (Å²) in [5, 5.41) is 11.6. The molecule has 2 aliphatic rings. The molecule has 0 bridgehead atoms. The summed E-state index contributed by atoms with van der Waals surface area (Å²) < 4.78 is 86.3. The van der Waals surface area contributed by atoms with Gasteiger partial charge in [-0.2, -0.15) is 26.3 Å². The van der Waals surface area contributed by atoms with Crippen LogP contribution >= 0.6 is 0 Å². The lowest BCUT2D eigenvalue weighted by Gasteiger charge is -2.25. The van der Waals surface area contributed by atoms with E-state index in [9.17, 15) is 35.5 Å². The van der Waals surface area contributed by atoms with Crippen LogP contribution in [0.25, 0.3) is 0 Å². The molecule has 1 heterocycles. The molecule has 4 rings (SSSR count). The molecule has 2 fully saturated rings. The maximum Gasteiger partial charge on any atom is 0.416 e. The normalized spacial score (nSPS) is 23.5. The molecule has 0 radical (unpaired) electrons. The summed E-state index contributed by atoms with van der Waals surface area (Å²) in [6.07, 6.45) is -5.64. The zero-order valence-electron chi connectivity index (χ0n) is 20.5. The number of nitrogens with one attached hydrogen (secondary N) is 1. The number of benzene rings is 2. The van der Waals surface area contributed by atoms with E-state index in [2.05, 4.69) is 5.32 Å². The minimum Gasteiger partial charge on any atom is -0.392 e. The third-order valence-corrected chi connectivity index (χ3v) is 6.39. The Morgan fingerprint density at radius 3 is 1.92 bits per heavy atom. The highest BCUT2D eigenvalue weighted by Gasteiger charge is 2.40. The number of amides is 1. The number of aliphatic hydroxyl groups excluding tert-OH is 1. The van der Waals surface area contributed by atoms with Crippen molar-refractivity contribution in [2.45, 2.75) is 76.5 Å². The lowest BCUT2D eigenvalue weighted by molar-refractivity contribution is -0.143. The standard InChI is InChI=1S/C15H19FN2O.C9H6F6O.C2H6/c16-10-6-4-9(5-7-10)11-2-1-3-12(11)14-8-13(17)15(19)18-14;10-8(11,12)6-1-5(4-16)2-7(3-6)9(13,14)15;1-2/h4-7,11-14H,1-3,8,17H2,(H,18,19);1-3,16H,4H2;1-2H3. The van der Waals surface area contributed by atoms with Crippen LogP contribution < -0.4 is 11.1 Å². The Balaban J connectivity index is 0.000000248. The molecule has 4 atom stereocenters. The highest BCUT2D eigenvalue weighted by molar-refractivity contribution is 5.84. The van der Waals surface area contributed by atoms with Gasteiger partial charge in [-0.1, -0.05) is 32.4 Å². The van der Waals surface area contributed by atoms with Crippen LogP contribution in [0.4, 0.5) is 30.7 Å². The summed E-state index contributed by atoms with van der Waals surface area (Å²) in [7, 11) is 0. The smallest absolute Gasteiger partial charge is 0.392 e. The molecule has 1 saturated carbocycles. The summed E-state index contributed by atoms with van der Waals surface area (Å²) in [6, 6.07) is 7.57. The minimum absolute atomic E-state index is 0.0131. The molecule has 4 nitrogen and oxygen atoms in total. The van der Waals surface area contributed by atoms with Gasteiger partial charge in [-0.25, -0.2) is 4.39 Å². The number of carbonyl (C=O) groups excluding carboxylic acids is 1. The zero-order chi connectivity index (χ0) is 28.0. The molecule has 4 unspecified atom stereocenters. The molecule has 1 saturated heterocycles. The van der Waals surface area contributed by atoms with Gasteiger partial charge in [-0.05, 0) is 72.6 Å². The second-order valence-electron chi connectivity index (χ2n) is 8.78. The van der Waals surface area contributed by atoms with Crippen LogP contribution in [0.15, 0.2) is 42.5 Å². The topological polar surface area (TPSA) is 75.3 Å². The maximum atomic E-state index is 13.0. The minimum atomic E-state index is -4.87. The number of alkyl halides is 6. The van der Waals surface area contributed by atoms with E-state index in [0.717, 1.165) is 25.7 Å². The highest BCUT2D eigenvalue weighted by atomic mass is 19.4. The van der Waals surface area contributed by atoms with E-state index in [1.165, 1.54) is 17.7 Å². The molecule has 2 aromatic carbocycles. The van der Waals surface area contributed by atoms with Gasteiger partial charge in [-0.15, -0.1) is 0 Å². The molecular formula is C26H31F7N2O2. The van der Waals surface area contributed by atoms with Crippen LogP contribution in [-0.2, 0) is 23.8 Å². The number of halogens is 7. The van der Waals surface area contributed by atoms with E-state index in [1.807, 2.05) is 26.0 Å². The highest BCUT2D eigenvalue weighted by Crippen LogP contribution is 2.43.